The van der Waals surface area contributed by atoms with E-state index in [9.17, 15) is 18.0 Å². The highest BCUT2D eigenvalue weighted by atomic mass is 19.4. The molecule has 2 atom stereocenters. The fourth-order valence-corrected chi connectivity index (χ4v) is 4.33. The topological polar surface area (TPSA) is 75.9 Å². The van der Waals surface area contributed by atoms with Crippen molar-refractivity contribution in [2.75, 3.05) is 18.4 Å². The number of carbonyl (C=O) groups excluding carboxylic acids is 1. The molecule has 31 heavy (non-hydrogen) atoms. The lowest BCUT2D eigenvalue weighted by atomic mass is 9.82. The van der Waals surface area contributed by atoms with Crippen molar-refractivity contribution in [3.63, 3.8) is 0 Å². The number of nitrogens with one attached hydrogen (secondary N) is 1. The van der Waals surface area contributed by atoms with Crippen LogP contribution in [-0.2, 0) is 0 Å². The summed E-state index contributed by atoms with van der Waals surface area (Å²) in [6.45, 7) is 6.85. The van der Waals surface area contributed by atoms with E-state index >= 15 is 0 Å². The summed E-state index contributed by atoms with van der Waals surface area (Å²) in [7, 11) is 0. The maximum atomic E-state index is 13.8. The monoisotopic (exact) mass is 436 g/mol. The van der Waals surface area contributed by atoms with Gasteiger partial charge in [0.15, 0.2) is 6.04 Å². The molecule has 4 heterocycles. The zero-order valence-electron chi connectivity index (χ0n) is 17.9. The Morgan fingerprint density at radius 1 is 1.13 bits per heavy atom. The van der Waals surface area contributed by atoms with Crippen LogP contribution in [0.15, 0.2) is 24.8 Å². The first-order valence-corrected chi connectivity index (χ1v) is 10.5. The smallest absolute Gasteiger partial charge is 0.367 e. The first-order valence-electron chi connectivity index (χ1n) is 10.5. The van der Waals surface area contributed by atoms with Gasteiger partial charge in [0.25, 0.3) is 5.91 Å². The molecule has 0 spiro atoms. The van der Waals surface area contributed by atoms with Crippen molar-refractivity contribution in [3.05, 3.63) is 36.0 Å². The average Bonchev–Trinajstić information content (AvgIpc) is 3.16. The summed E-state index contributed by atoms with van der Waals surface area (Å²) in [4.78, 5) is 22.1. The summed E-state index contributed by atoms with van der Waals surface area (Å²) >= 11 is 0. The van der Waals surface area contributed by atoms with Gasteiger partial charge in [-0.05, 0) is 24.7 Å². The highest BCUT2D eigenvalue weighted by molar-refractivity contribution is 5.93. The molecule has 0 radical (unpaired) electrons. The number of rotatable bonds is 2. The molecule has 0 saturated carbocycles. The van der Waals surface area contributed by atoms with Gasteiger partial charge in [0.1, 0.15) is 12.1 Å². The van der Waals surface area contributed by atoms with Crippen molar-refractivity contribution in [1.82, 2.24) is 24.6 Å². The minimum absolute atomic E-state index is 0.0120. The number of hydrogen-bond acceptors (Lipinski definition) is 5. The van der Waals surface area contributed by atoms with Crippen molar-refractivity contribution in [2.45, 2.75) is 64.2 Å². The number of anilines is 1. The number of alkyl halides is 3. The molecule has 0 aliphatic carbocycles. The van der Waals surface area contributed by atoms with Gasteiger partial charge < -0.3 is 10.2 Å². The Labute approximate surface area is 179 Å². The lowest BCUT2D eigenvalue weighted by Crippen LogP contribution is -2.44. The second kappa shape index (κ2) is 7.80. The molecule has 1 fully saturated rings. The van der Waals surface area contributed by atoms with Crippen LogP contribution < -0.4 is 5.32 Å². The van der Waals surface area contributed by atoms with E-state index in [0.717, 1.165) is 4.68 Å². The van der Waals surface area contributed by atoms with Gasteiger partial charge in [-0.1, -0.05) is 20.8 Å². The number of nitrogens with zero attached hydrogens (tertiary/aromatic N) is 5. The predicted molar refractivity (Wildman–Crippen MR) is 109 cm³/mol. The van der Waals surface area contributed by atoms with E-state index in [1.807, 2.05) is 20.8 Å². The van der Waals surface area contributed by atoms with Crippen LogP contribution in [0.1, 0.15) is 68.0 Å². The van der Waals surface area contributed by atoms with Crippen molar-refractivity contribution in [1.29, 1.82) is 0 Å². The normalized spacial score (nSPS) is 22.7. The fourth-order valence-electron chi connectivity index (χ4n) is 4.33. The molecule has 4 rings (SSSR count). The molecular formula is C21H27F3N6O. The molecule has 0 aromatic carbocycles. The Hall–Kier alpha value is -2.65. The Bertz CT molecular complexity index is 929. The zero-order chi connectivity index (χ0) is 22.4. The molecule has 1 saturated heterocycles. The largest absolute Gasteiger partial charge is 0.410 e. The average molecular weight is 436 g/mol. The standard InChI is InChI=1S/C21H27F3N6O/c1-20(2,3)16-9-17(21(22,23)24)30-18(27-16)8-15(28-30)13-4-6-29(7-5-13)19(31)14-10-25-12-26-11-14/h8,10-13,16-17,27H,4-7,9H2,1-3H3/t16-,17+/m0/s1. The van der Waals surface area contributed by atoms with Crippen LogP contribution in [0.25, 0.3) is 0 Å². The fraction of sp³-hybridized carbons (Fsp3) is 0.619. The number of hydrogen-bond donors (Lipinski definition) is 1. The van der Waals surface area contributed by atoms with Crippen LogP contribution >= 0.6 is 0 Å². The zero-order valence-corrected chi connectivity index (χ0v) is 17.9. The van der Waals surface area contributed by atoms with Crippen LogP contribution in [0, 0.1) is 5.41 Å². The summed E-state index contributed by atoms with van der Waals surface area (Å²) in [6.07, 6.45) is 1.23. The highest BCUT2D eigenvalue weighted by Crippen LogP contribution is 2.44. The Morgan fingerprint density at radius 2 is 1.77 bits per heavy atom. The number of aromatic nitrogens is 4. The summed E-state index contributed by atoms with van der Waals surface area (Å²) in [5, 5.41) is 7.65. The lowest BCUT2D eigenvalue weighted by Gasteiger charge is -2.39. The number of fused-ring (bicyclic) bond motifs is 1. The third-order valence-electron chi connectivity index (χ3n) is 6.26. The summed E-state index contributed by atoms with van der Waals surface area (Å²) in [5.74, 6) is 0.302. The van der Waals surface area contributed by atoms with Gasteiger partial charge >= 0.3 is 6.18 Å². The van der Waals surface area contributed by atoms with Gasteiger partial charge in [0.05, 0.1) is 11.3 Å². The van der Waals surface area contributed by atoms with E-state index in [1.165, 1.54) is 18.7 Å². The van der Waals surface area contributed by atoms with Crippen LogP contribution in [0.3, 0.4) is 0 Å². The number of halogens is 3. The minimum Gasteiger partial charge on any atom is -0.367 e. The van der Waals surface area contributed by atoms with E-state index in [4.69, 9.17) is 0 Å². The van der Waals surface area contributed by atoms with E-state index in [1.54, 1.807) is 11.0 Å². The summed E-state index contributed by atoms with van der Waals surface area (Å²) in [6, 6.07) is -0.186. The third kappa shape index (κ3) is 4.38. The molecule has 0 bridgehead atoms. The highest BCUT2D eigenvalue weighted by Gasteiger charge is 2.48. The third-order valence-corrected chi connectivity index (χ3v) is 6.26. The van der Waals surface area contributed by atoms with E-state index < -0.39 is 12.2 Å². The maximum absolute atomic E-state index is 13.8. The summed E-state index contributed by atoms with van der Waals surface area (Å²) in [5.41, 5.74) is 0.775. The Balaban J connectivity index is 1.50. The first-order chi connectivity index (χ1) is 14.5. The lowest BCUT2D eigenvalue weighted by molar-refractivity contribution is -0.175. The molecule has 0 unspecified atom stereocenters. The Morgan fingerprint density at radius 3 is 2.35 bits per heavy atom. The van der Waals surface area contributed by atoms with E-state index in [-0.39, 0.29) is 29.7 Å². The molecule has 2 aromatic heterocycles. The molecule has 2 aliphatic heterocycles. The quantitative estimate of drug-likeness (QED) is 0.769. The van der Waals surface area contributed by atoms with Crippen molar-refractivity contribution >= 4 is 11.7 Å². The van der Waals surface area contributed by atoms with Gasteiger partial charge in [-0.25, -0.2) is 14.6 Å². The van der Waals surface area contributed by atoms with Gasteiger partial charge in [0.2, 0.25) is 0 Å². The molecule has 10 heteroatoms. The number of amides is 1. The van der Waals surface area contributed by atoms with Crippen LogP contribution in [0.5, 0.6) is 0 Å². The maximum Gasteiger partial charge on any atom is 0.410 e. The molecule has 2 aliphatic rings. The van der Waals surface area contributed by atoms with Gasteiger partial charge in [0, 0.05) is 43.5 Å². The molecule has 1 N–H and O–H groups in total. The predicted octanol–water partition coefficient (Wildman–Crippen LogP) is 4.03. The van der Waals surface area contributed by atoms with Crippen molar-refractivity contribution in [3.8, 4) is 0 Å². The van der Waals surface area contributed by atoms with Gasteiger partial charge in [-0.3, -0.25) is 4.79 Å². The molecule has 7 nitrogen and oxygen atoms in total. The van der Waals surface area contributed by atoms with E-state index in [2.05, 4.69) is 20.4 Å². The minimum atomic E-state index is -4.36. The van der Waals surface area contributed by atoms with E-state index in [0.29, 0.717) is 43.0 Å². The SMILES string of the molecule is CC(C)(C)[C@@H]1C[C@H](C(F)(F)F)n2nc(C3CCN(C(=O)c4cncnc4)CC3)cc2N1. The van der Waals surface area contributed by atoms with Gasteiger partial charge in [-0.15, -0.1) is 0 Å². The first kappa shape index (κ1) is 21.6. The van der Waals surface area contributed by atoms with Crippen LogP contribution in [-0.4, -0.2) is 55.9 Å². The molecule has 168 valence electrons. The van der Waals surface area contributed by atoms with Crippen molar-refractivity contribution in [2.24, 2.45) is 5.41 Å². The second-order valence-corrected chi connectivity index (χ2v) is 9.45. The number of likely N-dealkylation sites (tertiary alicyclic amines) is 1. The van der Waals surface area contributed by atoms with Crippen molar-refractivity contribution < 1.29 is 18.0 Å². The number of carbonyl (C=O) groups is 1. The number of piperidine rings is 1. The van der Waals surface area contributed by atoms with Crippen LogP contribution in [0.4, 0.5) is 19.0 Å². The molecule has 2 aromatic rings. The summed E-state index contributed by atoms with van der Waals surface area (Å²) < 4.78 is 42.5. The Kier molecular flexibility index (Phi) is 5.43. The van der Waals surface area contributed by atoms with Gasteiger partial charge in [-0.2, -0.15) is 18.3 Å². The second-order valence-electron chi connectivity index (χ2n) is 9.45. The molecular weight excluding hydrogens is 409 g/mol. The van der Waals surface area contributed by atoms with Crippen LogP contribution in [0.2, 0.25) is 0 Å². The molecule has 1 amide bonds.